The van der Waals surface area contributed by atoms with Gasteiger partial charge < -0.3 is 29.9 Å². The number of hydrogen-bond acceptors (Lipinski definition) is 8. The molecule has 0 fully saturated rings. The molecule has 1 aliphatic heterocycles. The van der Waals surface area contributed by atoms with E-state index in [-0.39, 0.29) is 17.9 Å². The number of hydrogen-bond donors (Lipinski definition) is 3. The van der Waals surface area contributed by atoms with Crippen LogP contribution < -0.4 is 20.3 Å². The highest BCUT2D eigenvalue weighted by molar-refractivity contribution is 6.03. The highest BCUT2D eigenvalue weighted by Gasteiger charge is 2.32. The van der Waals surface area contributed by atoms with Crippen LogP contribution in [0.15, 0.2) is 53.1 Å². The van der Waals surface area contributed by atoms with Crippen LogP contribution in [0.4, 0.5) is 11.4 Å². The smallest absolute Gasteiger partial charge is 0.335 e. The monoisotopic (exact) mass is 489 g/mol. The van der Waals surface area contributed by atoms with E-state index in [2.05, 4.69) is 21.9 Å². The summed E-state index contributed by atoms with van der Waals surface area (Å²) in [5.41, 5.74) is 2.17. The summed E-state index contributed by atoms with van der Waals surface area (Å²) in [7, 11) is 1.49. The minimum absolute atomic E-state index is 0.0134. The molecule has 0 aliphatic carbocycles. The Morgan fingerprint density at radius 1 is 1.22 bits per heavy atom. The number of carbonyl (C=O) groups excluding carboxylic acids is 2. The summed E-state index contributed by atoms with van der Waals surface area (Å²) in [5, 5.41) is 27.4. The molecule has 2 amide bonds. The molecule has 2 aromatic carbocycles. The molecule has 0 radical (unpaired) electrons. The van der Waals surface area contributed by atoms with Gasteiger partial charge in [0, 0.05) is 31.8 Å². The summed E-state index contributed by atoms with van der Waals surface area (Å²) in [6.07, 6.45) is 0.826. The van der Waals surface area contributed by atoms with Crippen molar-refractivity contribution >= 4 is 29.2 Å². The first kappa shape index (κ1) is 24.3. The van der Waals surface area contributed by atoms with Crippen LogP contribution in [0.1, 0.15) is 38.6 Å². The molecule has 1 atom stereocenters. The van der Waals surface area contributed by atoms with E-state index in [9.17, 15) is 19.5 Å². The number of nitriles is 1. The van der Waals surface area contributed by atoms with Gasteiger partial charge in [-0.15, -0.1) is 0 Å². The van der Waals surface area contributed by atoms with E-state index < -0.39 is 23.8 Å². The Labute approximate surface area is 206 Å². The number of anilines is 2. The first-order valence-electron chi connectivity index (χ1n) is 11.1. The Bertz CT molecular complexity index is 1330. The van der Waals surface area contributed by atoms with Gasteiger partial charge in [0.2, 0.25) is 0 Å². The Hall–Kier alpha value is -4.85. The summed E-state index contributed by atoms with van der Waals surface area (Å²) in [4.78, 5) is 38.2. The summed E-state index contributed by atoms with van der Waals surface area (Å²) in [6.45, 7) is 0.435. The lowest BCUT2D eigenvalue weighted by molar-refractivity contribution is -0.120. The van der Waals surface area contributed by atoms with Crippen LogP contribution in [-0.4, -0.2) is 54.3 Å². The molecule has 11 nitrogen and oxygen atoms in total. The fraction of sp³-hybridized carbons (Fsp3) is 0.240. The third-order valence-electron chi connectivity index (χ3n) is 5.60. The molecule has 0 spiro atoms. The summed E-state index contributed by atoms with van der Waals surface area (Å²) >= 11 is 0. The Kier molecular flexibility index (Phi) is 7.15. The molecule has 2 heterocycles. The number of ether oxygens (including phenoxy) is 1. The number of fused-ring (bicyclic) bond motifs is 1. The SMILES string of the molecule is CN1C(=O)[C@@H](NC(=O)c2cc(Cc3ccc(NCCC#N)cc3)on2)COc2ccc(C(=O)O)cc21. The van der Waals surface area contributed by atoms with Gasteiger partial charge in [0.25, 0.3) is 11.8 Å². The van der Waals surface area contributed by atoms with E-state index in [4.69, 9.17) is 14.5 Å². The molecule has 0 bridgehead atoms. The topological polar surface area (TPSA) is 158 Å². The van der Waals surface area contributed by atoms with Gasteiger partial charge in [0.15, 0.2) is 5.69 Å². The van der Waals surface area contributed by atoms with Crippen LogP contribution in [0.2, 0.25) is 0 Å². The second kappa shape index (κ2) is 10.6. The molecule has 0 saturated carbocycles. The second-order valence-electron chi connectivity index (χ2n) is 8.11. The molecule has 36 heavy (non-hydrogen) atoms. The Morgan fingerprint density at radius 2 is 2.00 bits per heavy atom. The molecule has 1 aromatic heterocycles. The van der Waals surface area contributed by atoms with Crippen molar-refractivity contribution in [2.24, 2.45) is 0 Å². The summed E-state index contributed by atoms with van der Waals surface area (Å²) in [5.74, 6) is -1.38. The molecule has 1 aliphatic rings. The molecular formula is C25H23N5O6. The van der Waals surface area contributed by atoms with Crippen molar-refractivity contribution in [1.82, 2.24) is 10.5 Å². The molecule has 0 unspecified atom stereocenters. The maximum absolute atomic E-state index is 12.9. The molecule has 3 aromatic rings. The van der Waals surface area contributed by atoms with Crippen molar-refractivity contribution in [3.8, 4) is 11.8 Å². The standard InChI is InChI=1S/C25H23N5O6/c1-30-21-12-16(25(33)34)5-8-22(21)35-14-20(24(30)32)28-23(31)19-13-18(36-29-19)11-15-3-6-17(7-4-15)27-10-2-9-26/h3-8,12-13,20,27H,2,10-11,14H2,1H3,(H,28,31)(H,33,34)/t20-/m0/s1. The van der Waals surface area contributed by atoms with Gasteiger partial charge in [-0.3, -0.25) is 9.59 Å². The quantitative estimate of drug-likeness (QED) is 0.404. The lowest BCUT2D eigenvalue weighted by Crippen LogP contribution is -2.49. The van der Waals surface area contributed by atoms with Gasteiger partial charge in [0.1, 0.15) is 24.2 Å². The van der Waals surface area contributed by atoms with Crippen LogP contribution in [0.5, 0.6) is 5.75 Å². The van der Waals surface area contributed by atoms with Crippen LogP contribution in [0, 0.1) is 11.3 Å². The molecule has 11 heteroatoms. The fourth-order valence-electron chi connectivity index (χ4n) is 3.67. The largest absolute Gasteiger partial charge is 0.489 e. The lowest BCUT2D eigenvalue weighted by Gasteiger charge is -2.20. The highest BCUT2D eigenvalue weighted by atomic mass is 16.5. The predicted molar refractivity (Wildman–Crippen MR) is 128 cm³/mol. The normalized spacial score (nSPS) is 14.7. The number of aromatic carboxylic acids is 1. The number of nitrogens with zero attached hydrogens (tertiary/aromatic N) is 3. The molecule has 184 valence electrons. The maximum Gasteiger partial charge on any atom is 0.335 e. The zero-order chi connectivity index (χ0) is 25.7. The van der Waals surface area contributed by atoms with Crippen LogP contribution in [0.3, 0.4) is 0 Å². The average Bonchev–Trinajstić information content (AvgIpc) is 3.31. The van der Waals surface area contributed by atoms with Gasteiger partial charge in [-0.1, -0.05) is 17.3 Å². The van der Waals surface area contributed by atoms with Crippen molar-refractivity contribution in [3.05, 3.63) is 71.1 Å². The number of aromatic nitrogens is 1. The van der Waals surface area contributed by atoms with Gasteiger partial charge >= 0.3 is 5.97 Å². The maximum atomic E-state index is 12.9. The van der Waals surface area contributed by atoms with E-state index in [1.807, 2.05) is 24.3 Å². The van der Waals surface area contributed by atoms with Crippen LogP contribution in [0.25, 0.3) is 0 Å². The van der Waals surface area contributed by atoms with Crippen molar-refractivity contribution in [2.75, 3.05) is 30.4 Å². The Morgan fingerprint density at radius 3 is 2.72 bits per heavy atom. The number of carboxylic acids is 1. The summed E-state index contributed by atoms with van der Waals surface area (Å²) < 4.78 is 11.0. The van der Waals surface area contributed by atoms with E-state index in [1.165, 1.54) is 36.2 Å². The fourth-order valence-corrected chi connectivity index (χ4v) is 3.67. The zero-order valence-electron chi connectivity index (χ0n) is 19.4. The van der Waals surface area contributed by atoms with Crippen LogP contribution >= 0.6 is 0 Å². The van der Waals surface area contributed by atoms with E-state index in [1.54, 1.807) is 0 Å². The van der Waals surface area contributed by atoms with Crippen molar-refractivity contribution in [1.29, 1.82) is 5.26 Å². The second-order valence-corrected chi connectivity index (χ2v) is 8.11. The average molecular weight is 489 g/mol. The number of carboxylic acid groups (broad SMARTS) is 1. The van der Waals surface area contributed by atoms with Crippen molar-refractivity contribution in [3.63, 3.8) is 0 Å². The van der Waals surface area contributed by atoms with Crippen molar-refractivity contribution < 1.29 is 28.8 Å². The third-order valence-corrected chi connectivity index (χ3v) is 5.60. The van der Waals surface area contributed by atoms with Crippen LogP contribution in [-0.2, 0) is 11.2 Å². The van der Waals surface area contributed by atoms with E-state index >= 15 is 0 Å². The molecule has 0 saturated heterocycles. The predicted octanol–water partition coefficient (Wildman–Crippen LogP) is 2.44. The molecule has 3 N–H and O–H groups in total. The third kappa shape index (κ3) is 5.44. The lowest BCUT2D eigenvalue weighted by atomic mass is 10.1. The molecule has 4 rings (SSSR count). The zero-order valence-corrected chi connectivity index (χ0v) is 19.4. The number of likely N-dealkylation sites (N-methyl/N-ethyl adjacent to an activating group) is 1. The first-order chi connectivity index (χ1) is 17.4. The summed E-state index contributed by atoms with van der Waals surface area (Å²) in [6, 6.07) is 14.4. The number of amides is 2. The Balaban J connectivity index is 1.38. The first-order valence-corrected chi connectivity index (χ1v) is 11.1. The van der Waals surface area contributed by atoms with Gasteiger partial charge in [0.05, 0.1) is 23.7 Å². The van der Waals surface area contributed by atoms with Gasteiger partial charge in [-0.25, -0.2) is 4.79 Å². The van der Waals surface area contributed by atoms with Gasteiger partial charge in [-0.05, 0) is 35.9 Å². The van der Waals surface area contributed by atoms with Crippen molar-refractivity contribution in [2.45, 2.75) is 18.9 Å². The minimum Gasteiger partial charge on any atom is -0.489 e. The number of rotatable bonds is 8. The molecular weight excluding hydrogens is 466 g/mol. The number of benzene rings is 2. The number of nitrogens with one attached hydrogen (secondary N) is 2. The van der Waals surface area contributed by atoms with E-state index in [0.29, 0.717) is 36.6 Å². The highest BCUT2D eigenvalue weighted by Crippen LogP contribution is 2.31. The minimum atomic E-state index is -1.13. The van der Waals surface area contributed by atoms with E-state index in [0.717, 1.165) is 11.3 Å². The van der Waals surface area contributed by atoms with Gasteiger partial charge in [-0.2, -0.15) is 5.26 Å². The number of carbonyl (C=O) groups is 3.